The maximum atomic E-state index is 10.4. The van der Waals surface area contributed by atoms with Crippen molar-refractivity contribution in [1.82, 2.24) is 0 Å². The van der Waals surface area contributed by atoms with Crippen molar-refractivity contribution in [2.24, 2.45) is 0 Å². The zero-order valence-corrected chi connectivity index (χ0v) is 5.24. The highest BCUT2D eigenvalue weighted by molar-refractivity contribution is 6.30. The number of Topliss-reactive ketones (excluding diaryl/α,β-unsaturated/α-hetero) is 1. The maximum absolute atomic E-state index is 10.4. The molecule has 0 amide bonds. The average Bonchev–Trinajstić information content (AvgIpc) is 1.84. The van der Waals surface area contributed by atoms with Gasteiger partial charge < -0.3 is 0 Å². The van der Waals surface area contributed by atoms with Crippen molar-refractivity contribution in [2.45, 2.75) is 0 Å². The number of allylic oxidation sites excluding steroid dienone is 2. The molecule has 0 aliphatic carbocycles. The summed E-state index contributed by atoms with van der Waals surface area (Å²) in [6, 6.07) is 0. The minimum Gasteiger partial charge on any atom is -0.293 e. The van der Waals surface area contributed by atoms with Crippen LogP contribution in [0.15, 0.2) is 24.8 Å². The average molecular weight is 131 g/mol. The van der Waals surface area contributed by atoms with Crippen molar-refractivity contribution < 1.29 is 4.79 Å². The Labute approximate surface area is 53.6 Å². The third kappa shape index (κ3) is 1.94. The van der Waals surface area contributed by atoms with Crippen LogP contribution >= 0.6 is 11.6 Å². The summed E-state index contributed by atoms with van der Waals surface area (Å²) in [6.07, 6.45) is 1.39. The molecule has 0 aromatic heterocycles. The predicted molar refractivity (Wildman–Crippen MR) is 35.1 cm³/mol. The maximum Gasteiger partial charge on any atom is 0.176 e. The number of carbonyl (C=O) groups excluding carboxylic acids is 1. The summed E-state index contributed by atoms with van der Waals surface area (Å²) in [6.45, 7) is 6.74. The Bertz CT molecular complexity index is 126. The second-order valence-corrected chi connectivity index (χ2v) is 1.55. The first kappa shape index (κ1) is 7.44. The molecule has 2 heteroatoms. The fourth-order valence-electron chi connectivity index (χ4n) is 0.200. The van der Waals surface area contributed by atoms with E-state index in [1.165, 1.54) is 6.08 Å². The number of halogens is 1. The van der Waals surface area contributed by atoms with Crippen molar-refractivity contribution in [3.63, 3.8) is 0 Å². The number of carbonyl (C=O) groups is 1. The topological polar surface area (TPSA) is 17.1 Å². The molecule has 0 aromatic rings. The van der Waals surface area contributed by atoms with E-state index in [9.17, 15) is 4.79 Å². The van der Waals surface area contributed by atoms with Gasteiger partial charge in [-0.1, -0.05) is 19.2 Å². The molecule has 0 saturated heterocycles. The van der Waals surface area contributed by atoms with E-state index >= 15 is 0 Å². The Morgan fingerprint density at radius 1 is 1.75 bits per heavy atom. The molecule has 44 valence electrons. The van der Waals surface area contributed by atoms with E-state index in [0.717, 1.165) is 0 Å². The Morgan fingerprint density at radius 2 is 2.25 bits per heavy atom. The highest BCUT2D eigenvalue weighted by Crippen LogP contribution is 1.93. The number of alkyl halides is 1. The lowest BCUT2D eigenvalue weighted by Crippen LogP contribution is -1.98. The van der Waals surface area contributed by atoms with Gasteiger partial charge in [0.1, 0.15) is 0 Å². The van der Waals surface area contributed by atoms with E-state index in [1.807, 2.05) is 0 Å². The summed E-state index contributed by atoms with van der Waals surface area (Å²) in [5.41, 5.74) is 0.375. The molecule has 0 fully saturated rings. The molecule has 8 heavy (non-hydrogen) atoms. The molecular weight excluding hydrogens is 124 g/mol. The first-order valence-corrected chi connectivity index (χ1v) is 2.66. The van der Waals surface area contributed by atoms with Crippen LogP contribution in [-0.4, -0.2) is 11.7 Å². The molecule has 0 unspecified atom stereocenters. The number of ketones is 1. The van der Waals surface area contributed by atoms with Crippen LogP contribution < -0.4 is 0 Å². The molecular formula is C6H7ClO. The number of rotatable bonds is 3. The van der Waals surface area contributed by atoms with Crippen LogP contribution in [0.25, 0.3) is 0 Å². The summed E-state index contributed by atoms with van der Waals surface area (Å²) in [7, 11) is 0. The molecule has 0 aliphatic heterocycles. The van der Waals surface area contributed by atoms with Gasteiger partial charge in [0, 0.05) is 5.57 Å². The smallest absolute Gasteiger partial charge is 0.176 e. The van der Waals surface area contributed by atoms with Crippen molar-refractivity contribution in [2.75, 3.05) is 5.88 Å². The monoisotopic (exact) mass is 130 g/mol. The second kappa shape index (κ2) is 3.44. The van der Waals surface area contributed by atoms with E-state index in [2.05, 4.69) is 13.2 Å². The van der Waals surface area contributed by atoms with Crippen molar-refractivity contribution >= 4 is 17.4 Å². The third-order valence-corrected chi connectivity index (χ3v) is 0.969. The molecule has 0 spiro atoms. The van der Waals surface area contributed by atoms with Gasteiger partial charge in [-0.3, -0.25) is 4.79 Å². The lowest BCUT2D eigenvalue weighted by Gasteiger charge is -1.88. The van der Waals surface area contributed by atoms with Crippen LogP contribution in [-0.2, 0) is 4.79 Å². The van der Waals surface area contributed by atoms with Gasteiger partial charge in [-0.25, -0.2) is 0 Å². The highest BCUT2D eigenvalue weighted by atomic mass is 35.5. The second-order valence-electron chi connectivity index (χ2n) is 1.29. The van der Waals surface area contributed by atoms with E-state index in [4.69, 9.17) is 11.6 Å². The van der Waals surface area contributed by atoms with Gasteiger partial charge in [-0.15, -0.1) is 11.6 Å². The SMILES string of the molecule is C=CC(=C)C(=O)CCl. The van der Waals surface area contributed by atoms with E-state index in [-0.39, 0.29) is 11.7 Å². The third-order valence-electron chi connectivity index (χ3n) is 0.726. The minimum atomic E-state index is -0.165. The summed E-state index contributed by atoms with van der Waals surface area (Å²) < 4.78 is 0. The number of hydrogen-bond acceptors (Lipinski definition) is 1. The lowest BCUT2D eigenvalue weighted by molar-refractivity contribution is -0.113. The van der Waals surface area contributed by atoms with Crippen LogP contribution in [0.5, 0.6) is 0 Å². The first-order valence-electron chi connectivity index (χ1n) is 2.13. The van der Waals surface area contributed by atoms with Crippen LogP contribution in [0.2, 0.25) is 0 Å². The van der Waals surface area contributed by atoms with Gasteiger partial charge in [0.25, 0.3) is 0 Å². The molecule has 0 saturated carbocycles. The normalized spacial score (nSPS) is 8.12. The summed E-state index contributed by atoms with van der Waals surface area (Å²) >= 11 is 5.17. The fraction of sp³-hybridized carbons (Fsp3) is 0.167. The largest absolute Gasteiger partial charge is 0.293 e. The molecule has 0 rings (SSSR count). The summed E-state index contributed by atoms with van der Waals surface area (Å²) in [5, 5.41) is 0. The van der Waals surface area contributed by atoms with Crippen LogP contribution in [0.4, 0.5) is 0 Å². The lowest BCUT2D eigenvalue weighted by atomic mass is 10.2. The van der Waals surface area contributed by atoms with Gasteiger partial charge in [-0.2, -0.15) is 0 Å². The zero-order chi connectivity index (χ0) is 6.57. The molecule has 0 atom stereocenters. The molecule has 0 bridgehead atoms. The molecule has 0 heterocycles. The van der Waals surface area contributed by atoms with Crippen LogP contribution in [0.3, 0.4) is 0 Å². The first-order chi connectivity index (χ1) is 3.72. The van der Waals surface area contributed by atoms with Gasteiger partial charge in [-0.05, 0) is 0 Å². The van der Waals surface area contributed by atoms with Gasteiger partial charge in [0.05, 0.1) is 5.88 Å². The minimum absolute atomic E-state index is 0.00907. The van der Waals surface area contributed by atoms with Crippen LogP contribution in [0, 0.1) is 0 Å². The number of hydrogen-bond donors (Lipinski definition) is 0. The molecule has 0 aromatic carbocycles. The van der Waals surface area contributed by atoms with E-state index < -0.39 is 0 Å². The molecule has 0 radical (unpaired) electrons. The van der Waals surface area contributed by atoms with Crippen molar-refractivity contribution in [3.05, 3.63) is 24.8 Å². The van der Waals surface area contributed by atoms with E-state index in [0.29, 0.717) is 5.57 Å². The Morgan fingerprint density at radius 3 is 2.38 bits per heavy atom. The fourth-order valence-corrected chi connectivity index (χ4v) is 0.371. The zero-order valence-electron chi connectivity index (χ0n) is 4.48. The van der Waals surface area contributed by atoms with Gasteiger partial charge in [0.2, 0.25) is 0 Å². The van der Waals surface area contributed by atoms with Gasteiger partial charge >= 0.3 is 0 Å². The predicted octanol–water partition coefficient (Wildman–Crippen LogP) is 1.54. The van der Waals surface area contributed by atoms with Crippen LogP contribution in [0.1, 0.15) is 0 Å². The summed E-state index contributed by atoms with van der Waals surface area (Å²) in [5.74, 6) is -0.174. The molecule has 0 N–H and O–H groups in total. The standard InChI is InChI=1S/C6H7ClO/c1-3-5(2)6(8)4-7/h3H,1-2,4H2. The highest BCUT2D eigenvalue weighted by Gasteiger charge is 1.97. The van der Waals surface area contributed by atoms with E-state index in [1.54, 1.807) is 0 Å². The van der Waals surface area contributed by atoms with Gasteiger partial charge in [0.15, 0.2) is 5.78 Å². The quantitative estimate of drug-likeness (QED) is 0.322. The Balaban J connectivity index is 3.82. The van der Waals surface area contributed by atoms with Crippen molar-refractivity contribution in [1.29, 1.82) is 0 Å². The Hall–Kier alpha value is -0.560. The van der Waals surface area contributed by atoms with Crippen molar-refractivity contribution in [3.8, 4) is 0 Å². The molecule has 1 nitrogen and oxygen atoms in total. The summed E-state index contributed by atoms with van der Waals surface area (Å²) in [4.78, 5) is 10.4. The molecule has 0 aliphatic rings. The Kier molecular flexibility index (Phi) is 3.20.